The molecular formula is C17H25FN2O. The van der Waals surface area contributed by atoms with E-state index in [2.05, 4.69) is 10.6 Å². The van der Waals surface area contributed by atoms with Crippen molar-refractivity contribution in [3.63, 3.8) is 0 Å². The first kappa shape index (κ1) is 16.0. The number of hydrogen-bond donors (Lipinski definition) is 2. The summed E-state index contributed by atoms with van der Waals surface area (Å²) in [5.41, 5.74) is 0.597. The van der Waals surface area contributed by atoms with Crippen LogP contribution in [0.25, 0.3) is 0 Å². The van der Waals surface area contributed by atoms with Crippen molar-refractivity contribution < 1.29 is 9.18 Å². The average Bonchev–Trinajstić information content (AvgIpc) is 2.74. The van der Waals surface area contributed by atoms with Gasteiger partial charge in [-0.2, -0.15) is 0 Å². The molecule has 0 bridgehead atoms. The molecule has 1 atom stereocenters. The van der Waals surface area contributed by atoms with Crippen LogP contribution in [-0.2, 0) is 4.79 Å². The second-order valence-corrected chi connectivity index (χ2v) is 5.88. The SMILES string of the molecule is C[C@@H](NCC(=O)NC1CCCCCC1)c1ccccc1F. The van der Waals surface area contributed by atoms with Gasteiger partial charge in [-0.05, 0) is 25.8 Å². The first-order valence-corrected chi connectivity index (χ1v) is 7.94. The van der Waals surface area contributed by atoms with E-state index in [0.29, 0.717) is 11.6 Å². The quantitative estimate of drug-likeness (QED) is 0.817. The topological polar surface area (TPSA) is 41.1 Å². The lowest BCUT2D eigenvalue weighted by Gasteiger charge is -2.18. The molecule has 2 N–H and O–H groups in total. The van der Waals surface area contributed by atoms with Gasteiger partial charge >= 0.3 is 0 Å². The smallest absolute Gasteiger partial charge is 0.234 e. The summed E-state index contributed by atoms with van der Waals surface area (Å²) in [5.74, 6) is -0.230. The van der Waals surface area contributed by atoms with Gasteiger partial charge in [-0.15, -0.1) is 0 Å². The van der Waals surface area contributed by atoms with E-state index in [1.807, 2.05) is 13.0 Å². The van der Waals surface area contributed by atoms with Crippen LogP contribution in [0.4, 0.5) is 4.39 Å². The molecule has 0 radical (unpaired) electrons. The van der Waals surface area contributed by atoms with Gasteiger partial charge in [0.05, 0.1) is 6.54 Å². The third-order valence-electron chi connectivity index (χ3n) is 4.16. The molecule has 0 unspecified atom stereocenters. The number of rotatable bonds is 5. The molecule has 0 aliphatic heterocycles. The number of halogens is 1. The predicted molar refractivity (Wildman–Crippen MR) is 82.5 cm³/mol. The van der Waals surface area contributed by atoms with Gasteiger partial charge < -0.3 is 10.6 Å². The summed E-state index contributed by atoms with van der Waals surface area (Å²) in [6.07, 6.45) is 7.10. The molecule has 116 valence electrons. The maximum atomic E-state index is 13.6. The zero-order valence-electron chi connectivity index (χ0n) is 12.7. The van der Waals surface area contributed by atoms with Crippen LogP contribution in [0, 0.1) is 5.82 Å². The van der Waals surface area contributed by atoms with Gasteiger partial charge in [0.25, 0.3) is 0 Å². The van der Waals surface area contributed by atoms with Crippen LogP contribution < -0.4 is 10.6 Å². The fraction of sp³-hybridized carbons (Fsp3) is 0.588. The Labute approximate surface area is 126 Å². The van der Waals surface area contributed by atoms with E-state index in [1.54, 1.807) is 12.1 Å². The Balaban J connectivity index is 1.76. The van der Waals surface area contributed by atoms with Crippen molar-refractivity contribution in [3.05, 3.63) is 35.6 Å². The normalized spacial score (nSPS) is 18.0. The Bertz CT molecular complexity index is 456. The molecule has 21 heavy (non-hydrogen) atoms. The molecule has 0 heterocycles. The van der Waals surface area contributed by atoms with Gasteiger partial charge in [0, 0.05) is 17.6 Å². The zero-order valence-corrected chi connectivity index (χ0v) is 12.7. The van der Waals surface area contributed by atoms with Crippen molar-refractivity contribution in [2.45, 2.75) is 57.5 Å². The molecule has 4 heteroatoms. The molecule has 0 spiro atoms. The summed E-state index contributed by atoms with van der Waals surface area (Å²) in [6, 6.07) is 6.80. The van der Waals surface area contributed by atoms with Crippen LogP contribution in [0.2, 0.25) is 0 Å². The van der Waals surface area contributed by atoms with Crippen LogP contribution in [0.5, 0.6) is 0 Å². The fourth-order valence-corrected chi connectivity index (χ4v) is 2.88. The van der Waals surface area contributed by atoms with Crippen LogP contribution in [0.1, 0.15) is 57.1 Å². The number of nitrogens with one attached hydrogen (secondary N) is 2. The highest BCUT2D eigenvalue weighted by molar-refractivity contribution is 5.78. The highest BCUT2D eigenvalue weighted by atomic mass is 19.1. The van der Waals surface area contributed by atoms with Crippen molar-refractivity contribution in [2.24, 2.45) is 0 Å². The van der Waals surface area contributed by atoms with E-state index < -0.39 is 0 Å². The van der Waals surface area contributed by atoms with Crippen molar-refractivity contribution in [3.8, 4) is 0 Å². The minimum atomic E-state index is -0.235. The summed E-state index contributed by atoms with van der Waals surface area (Å²) in [4.78, 5) is 12.0. The van der Waals surface area contributed by atoms with E-state index in [1.165, 1.54) is 31.7 Å². The molecule has 0 saturated heterocycles. The summed E-state index contributed by atoms with van der Waals surface area (Å²) in [7, 11) is 0. The van der Waals surface area contributed by atoms with Gasteiger partial charge in [-0.1, -0.05) is 43.9 Å². The Kier molecular flexibility index (Phi) is 6.18. The fourth-order valence-electron chi connectivity index (χ4n) is 2.88. The summed E-state index contributed by atoms with van der Waals surface area (Å²) >= 11 is 0. The molecule has 1 amide bonds. The lowest BCUT2D eigenvalue weighted by molar-refractivity contribution is -0.121. The predicted octanol–water partition coefficient (Wildman–Crippen LogP) is 3.32. The Morgan fingerprint density at radius 2 is 1.90 bits per heavy atom. The molecular weight excluding hydrogens is 267 g/mol. The van der Waals surface area contributed by atoms with E-state index in [4.69, 9.17) is 0 Å². The van der Waals surface area contributed by atoms with Crippen LogP contribution in [0.3, 0.4) is 0 Å². The number of carbonyl (C=O) groups is 1. The highest BCUT2D eigenvalue weighted by Crippen LogP contribution is 2.17. The minimum absolute atomic E-state index is 0.00471. The lowest BCUT2D eigenvalue weighted by Crippen LogP contribution is -2.40. The summed E-state index contributed by atoms with van der Waals surface area (Å²) in [5, 5.41) is 6.18. The van der Waals surface area contributed by atoms with Gasteiger partial charge in [0.1, 0.15) is 5.82 Å². The molecule has 0 aromatic heterocycles. The van der Waals surface area contributed by atoms with E-state index in [9.17, 15) is 9.18 Å². The Morgan fingerprint density at radius 1 is 1.24 bits per heavy atom. The number of benzene rings is 1. The molecule has 1 aliphatic carbocycles. The summed E-state index contributed by atoms with van der Waals surface area (Å²) in [6.45, 7) is 2.10. The summed E-state index contributed by atoms with van der Waals surface area (Å²) < 4.78 is 13.6. The minimum Gasteiger partial charge on any atom is -0.352 e. The molecule has 1 saturated carbocycles. The third-order valence-corrected chi connectivity index (χ3v) is 4.16. The molecule has 1 aliphatic rings. The third kappa shape index (κ3) is 5.12. The standard InChI is InChI=1S/C17H25FN2O/c1-13(15-10-6-7-11-16(15)18)19-12-17(21)20-14-8-4-2-3-5-9-14/h6-7,10-11,13-14,19H,2-5,8-9,12H2,1H3,(H,20,21)/t13-/m1/s1. The molecule has 2 rings (SSSR count). The molecule has 3 nitrogen and oxygen atoms in total. The van der Waals surface area contributed by atoms with E-state index in [0.717, 1.165) is 12.8 Å². The lowest BCUT2D eigenvalue weighted by atomic mass is 10.1. The van der Waals surface area contributed by atoms with Crippen molar-refractivity contribution in [2.75, 3.05) is 6.54 Å². The molecule has 1 aromatic rings. The second kappa shape index (κ2) is 8.13. The maximum Gasteiger partial charge on any atom is 0.234 e. The van der Waals surface area contributed by atoms with E-state index >= 15 is 0 Å². The van der Waals surface area contributed by atoms with Crippen molar-refractivity contribution in [1.82, 2.24) is 10.6 Å². The van der Waals surface area contributed by atoms with Gasteiger partial charge in [0.15, 0.2) is 0 Å². The number of amides is 1. The number of hydrogen-bond acceptors (Lipinski definition) is 2. The van der Waals surface area contributed by atoms with Crippen LogP contribution in [-0.4, -0.2) is 18.5 Å². The number of carbonyl (C=O) groups excluding carboxylic acids is 1. The van der Waals surface area contributed by atoms with Gasteiger partial charge in [-0.25, -0.2) is 4.39 Å². The maximum absolute atomic E-state index is 13.6. The monoisotopic (exact) mass is 292 g/mol. The first-order chi connectivity index (χ1) is 10.2. The van der Waals surface area contributed by atoms with Gasteiger partial charge in [0.2, 0.25) is 5.91 Å². The van der Waals surface area contributed by atoms with Crippen molar-refractivity contribution >= 4 is 5.91 Å². The highest BCUT2D eigenvalue weighted by Gasteiger charge is 2.16. The Hall–Kier alpha value is -1.42. The zero-order chi connectivity index (χ0) is 15.1. The Morgan fingerprint density at radius 3 is 2.57 bits per heavy atom. The second-order valence-electron chi connectivity index (χ2n) is 5.88. The first-order valence-electron chi connectivity index (χ1n) is 7.94. The van der Waals surface area contributed by atoms with Crippen LogP contribution >= 0.6 is 0 Å². The van der Waals surface area contributed by atoms with E-state index in [-0.39, 0.29) is 24.3 Å². The van der Waals surface area contributed by atoms with Crippen LogP contribution in [0.15, 0.2) is 24.3 Å². The molecule has 1 fully saturated rings. The van der Waals surface area contributed by atoms with Crippen molar-refractivity contribution in [1.29, 1.82) is 0 Å². The van der Waals surface area contributed by atoms with Gasteiger partial charge in [-0.3, -0.25) is 4.79 Å². The largest absolute Gasteiger partial charge is 0.352 e. The average molecular weight is 292 g/mol. The molecule has 1 aromatic carbocycles.